The number of pyridine rings is 1. The lowest BCUT2D eigenvalue weighted by Crippen LogP contribution is -2.56. The van der Waals surface area contributed by atoms with E-state index in [9.17, 15) is 22.0 Å². The summed E-state index contributed by atoms with van der Waals surface area (Å²) in [4.78, 5) is 19.3. The van der Waals surface area contributed by atoms with Crippen LogP contribution in [0.25, 0.3) is 11.4 Å². The first kappa shape index (κ1) is 24.5. The number of nitrogens with zero attached hydrogens (tertiary/aromatic N) is 6. The molecule has 0 spiro atoms. The van der Waals surface area contributed by atoms with Crippen LogP contribution in [0.5, 0.6) is 0 Å². The van der Waals surface area contributed by atoms with Gasteiger partial charge in [0.15, 0.2) is 5.69 Å². The molecule has 2 fully saturated rings. The van der Waals surface area contributed by atoms with Crippen molar-refractivity contribution in [3.8, 4) is 11.4 Å². The van der Waals surface area contributed by atoms with Gasteiger partial charge in [0.05, 0.1) is 29.4 Å². The molecule has 36 heavy (non-hydrogen) atoms. The van der Waals surface area contributed by atoms with Crippen molar-refractivity contribution in [3.05, 3.63) is 48.0 Å². The number of amides is 1. The number of hydrogen-bond acceptors (Lipinski definition) is 7. The van der Waals surface area contributed by atoms with Gasteiger partial charge in [0.1, 0.15) is 5.69 Å². The van der Waals surface area contributed by atoms with E-state index in [4.69, 9.17) is 0 Å². The first-order valence-corrected chi connectivity index (χ1v) is 13.4. The van der Waals surface area contributed by atoms with Crippen molar-refractivity contribution in [2.75, 3.05) is 37.8 Å². The number of carbonyl (C=O) groups excluding carboxylic acids is 1. The molecule has 0 radical (unpaired) electrons. The van der Waals surface area contributed by atoms with Gasteiger partial charge < -0.3 is 5.32 Å². The largest absolute Gasteiger partial charge is 0.318 e. The minimum Gasteiger partial charge on any atom is -0.318 e. The second kappa shape index (κ2) is 9.67. The minimum atomic E-state index is -3.19. The van der Waals surface area contributed by atoms with E-state index in [2.05, 4.69) is 30.5 Å². The molecular formula is C22H26F2N8O3S. The number of rotatable bonds is 7. The van der Waals surface area contributed by atoms with Crippen LogP contribution < -0.4 is 5.32 Å². The van der Waals surface area contributed by atoms with Gasteiger partial charge in [-0.1, -0.05) is 6.07 Å². The van der Waals surface area contributed by atoms with Gasteiger partial charge in [0.25, 0.3) is 12.3 Å². The molecule has 14 heteroatoms. The Kier molecular flexibility index (Phi) is 6.57. The number of sulfonamides is 1. The number of H-pyrrole nitrogens is 1. The van der Waals surface area contributed by atoms with Crippen LogP contribution in [0.15, 0.2) is 36.7 Å². The number of nitrogens with one attached hydrogen (secondary N) is 2. The van der Waals surface area contributed by atoms with Gasteiger partial charge in [-0.05, 0) is 31.0 Å². The van der Waals surface area contributed by atoms with Gasteiger partial charge >= 0.3 is 0 Å². The lowest BCUT2D eigenvalue weighted by Gasteiger charge is -2.46. The highest BCUT2D eigenvalue weighted by Crippen LogP contribution is 2.32. The fourth-order valence-corrected chi connectivity index (χ4v) is 5.51. The van der Waals surface area contributed by atoms with Gasteiger partial charge in [-0.3, -0.25) is 19.5 Å². The van der Waals surface area contributed by atoms with E-state index in [1.165, 1.54) is 27.5 Å². The van der Waals surface area contributed by atoms with E-state index in [0.29, 0.717) is 37.6 Å². The molecule has 0 aromatic carbocycles. The van der Waals surface area contributed by atoms with E-state index >= 15 is 0 Å². The highest BCUT2D eigenvalue weighted by Gasteiger charge is 2.37. The molecule has 3 aromatic rings. The zero-order valence-electron chi connectivity index (χ0n) is 19.5. The second-order valence-corrected chi connectivity index (χ2v) is 11.0. The molecule has 0 saturated carbocycles. The molecule has 5 rings (SSSR count). The summed E-state index contributed by atoms with van der Waals surface area (Å²) in [5, 5.41) is 13.2. The SMILES string of the molecule is CS(=O)(=O)N1CCC(N2CC(n3cc(NC(=O)c4cccc(-c5ccn[nH]5)n4)c(C(F)F)n3)C2)CC1. The maximum atomic E-state index is 13.7. The molecule has 0 unspecified atom stereocenters. The summed E-state index contributed by atoms with van der Waals surface area (Å²) in [6.07, 6.45) is 2.82. The molecule has 2 aliphatic rings. The molecule has 192 valence electrons. The molecule has 5 heterocycles. The van der Waals surface area contributed by atoms with Crippen LogP contribution in [-0.2, 0) is 10.0 Å². The van der Waals surface area contributed by atoms with Crippen molar-refractivity contribution in [2.45, 2.75) is 31.4 Å². The Morgan fingerprint density at radius 2 is 1.92 bits per heavy atom. The maximum absolute atomic E-state index is 13.7. The first-order chi connectivity index (χ1) is 17.2. The number of likely N-dealkylation sites (tertiary alicyclic amines) is 1. The van der Waals surface area contributed by atoms with E-state index in [0.717, 1.165) is 12.8 Å². The summed E-state index contributed by atoms with van der Waals surface area (Å²) >= 11 is 0. The van der Waals surface area contributed by atoms with E-state index in [1.54, 1.807) is 24.4 Å². The first-order valence-electron chi connectivity index (χ1n) is 11.5. The number of piperidine rings is 1. The molecule has 0 bridgehead atoms. The van der Waals surface area contributed by atoms with Crippen LogP contribution in [0.3, 0.4) is 0 Å². The molecule has 11 nitrogen and oxygen atoms in total. The number of aromatic amines is 1. The monoisotopic (exact) mass is 520 g/mol. The van der Waals surface area contributed by atoms with Gasteiger partial charge in [-0.15, -0.1) is 0 Å². The lowest BCUT2D eigenvalue weighted by atomic mass is 9.98. The van der Waals surface area contributed by atoms with Gasteiger partial charge in [-0.2, -0.15) is 10.2 Å². The number of hydrogen-bond donors (Lipinski definition) is 2. The summed E-state index contributed by atoms with van der Waals surface area (Å²) in [5.74, 6) is -0.620. The summed E-state index contributed by atoms with van der Waals surface area (Å²) in [5.41, 5.74) is 0.658. The minimum absolute atomic E-state index is 0.0522. The van der Waals surface area contributed by atoms with Crippen molar-refractivity contribution < 1.29 is 22.0 Å². The van der Waals surface area contributed by atoms with Gasteiger partial charge in [-0.25, -0.2) is 26.5 Å². The standard InChI is InChI=1S/C22H26F2N8O3S/c1-36(34,35)31-9-6-14(7-10-31)30-11-15(12-30)32-13-19(20(29-32)21(23)24)27-22(33)18-4-2-3-16(26-18)17-5-8-25-28-17/h2-5,8,13-15,21H,6-7,9-12H2,1H3,(H,25,28)(H,27,33). The summed E-state index contributed by atoms with van der Waals surface area (Å²) in [7, 11) is -3.19. The van der Waals surface area contributed by atoms with Crippen molar-refractivity contribution in [1.82, 2.24) is 34.2 Å². The number of aromatic nitrogens is 5. The summed E-state index contributed by atoms with van der Waals surface area (Å²) in [6.45, 7) is 2.20. The summed E-state index contributed by atoms with van der Waals surface area (Å²) in [6, 6.07) is 6.71. The molecule has 1 amide bonds. The van der Waals surface area contributed by atoms with E-state index < -0.39 is 28.0 Å². The zero-order valence-corrected chi connectivity index (χ0v) is 20.3. The Labute approximate surface area is 206 Å². The third-order valence-corrected chi connectivity index (χ3v) is 7.95. The van der Waals surface area contributed by atoms with Gasteiger partial charge in [0, 0.05) is 44.6 Å². The molecule has 2 N–H and O–H groups in total. The van der Waals surface area contributed by atoms with Crippen molar-refractivity contribution in [1.29, 1.82) is 0 Å². The predicted molar refractivity (Wildman–Crippen MR) is 127 cm³/mol. The fourth-order valence-electron chi connectivity index (χ4n) is 4.64. The normalized spacial score (nSPS) is 18.4. The topological polar surface area (TPSA) is 129 Å². The van der Waals surface area contributed by atoms with Crippen LogP contribution in [-0.4, -0.2) is 87.0 Å². The Hall–Kier alpha value is -3.23. The Balaban J connectivity index is 1.24. The lowest BCUT2D eigenvalue weighted by molar-refractivity contribution is 0.0300. The van der Waals surface area contributed by atoms with Crippen LogP contribution in [0, 0.1) is 0 Å². The Bertz CT molecular complexity index is 1330. The molecule has 0 aliphatic carbocycles. The summed E-state index contributed by atoms with van der Waals surface area (Å²) < 4.78 is 53.8. The molecule has 2 aliphatic heterocycles. The molecule has 3 aromatic heterocycles. The van der Waals surface area contributed by atoms with Gasteiger partial charge in [0.2, 0.25) is 10.0 Å². The van der Waals surface area contributed by atoms with Crippen LogP contribution in [0.2, 0.25) is 0 Å². The number of anilines is 1. The fraction of sp³-hybridized carbons (Fsp3) is 0.455. The van der Waals surface area contributed by atoms with Crippen molar-refractivity contribution in [2.24, 2.45) is 0 Å². The third-order valence-electron chi connectivity index (χ3n) is 6.65. The molecular weight excluding hydrogens is 494 g/mol. The smallest absolute Gasteiger partial charge is 0.284 e. The highest BCUT2D eigenvalue weighted by molar-refractivity contribution is 7.88. The predicted octanol–water partition coefficient (Wildman–Crippen LogP) is 2.14. The second-order valence-electron chi connectivity index (χ2n) is 9.04. The van der Waals surface area contributed by atoms with Crippen LogP contribution >= 0.6 is 0 Å². The van der Waals surface area contributed by atoms with Crippen LogP contribution in [0.1, 0.15) is 41.5 Å². The van der Waals surface area contributed by atoms with E-state index in [-0.39, 0.29) is 23.5 Å². The number of alkyl halides is 2. The zero-order chi connectivity index (χ0) is 25.4. The van der Waals surface area contributed by atoms with Crippen LogP contribution in [0.4, 0.5) is 14.5 Å². The third kappa shape index (κ3) is 5.01. The Morgan fingerprint density at radius 1 is 1.17 bits per heavy atom. The van der Waals surface area contributed by atoms with E-state index in [1.807, 2.05) is 0 Å². The Morgan fingerprint density at radius 3 is 2.56 bits per heavy atom. The quantitative estimate of drug-likeness (QED) is 0.488. The molecule has 0 atom stereocenters. The number of carbonyl (C=O) groups is 1. The average molecular weight is 521 g/mol. The maximum Gasteiger partial charge on any atom is 0.284 e. The van der Waals surface area contributed by atoms with Crippen molar-refractivity contribution >= 4 is 21.6 Å². The molecule has 2 saturated heterocycles. The average Bonchev–Trinajstić information content (AvgIpc) is 3.49. The number of halogens is 2. The highest BCUT2D eigenvalue weighted by atomic mass is 32.2. The van der Waals surface area contributed by atoms with Crippen molar-refractivity contribution in [3.63, 3.8) is 0 Å².